The number of pyridine rings is 1. The molecule has 0 aliphatic carbocycles. The van der Waals surface area contributed by atoms with Crippen LogP contribution in [0.1, 0.15) is 11.3 Å². The molecule has 0 unspecified atom stereocenters. The van der Waals surface area contributed by atoms with Gasteiger partial charge in [-0.2, -0.15) is 0 Å². The average Bonchev–Trinajstić information content (AvgIpc) is 2.63. The van der Waals surface area contributed by atoms with Crippen LogP contribution in [-0.2, 0) is 6.54 Å². The summed E-state index contributed by atoms with van der Waals surface area (Å²) in [6, 6.07) is 8.08. The van der Waals surface area contributed by atoms with E-state index in [0.717, 1.165) is 17.9 Å². The van der Waals surface area contributed by atoms with Crippen molar-refractivity contribution >= 4 is 0 Å². The van der Waals surface area contributed by atoms with E-state index in [1.807, 2.05) is 31.4 Å². The second kappa shape index (κ2) is 4.28. The lowest BCUT2D eigenvalue weighted by Gasteiger charge is -1.95. The molecule has 0 saturated carbocycles. The van der Waals surface area contributed by atoms with Gasteiger partial charge in [0.25, 0.3) is 0 Å². The van der Waals surface area contributed by atoms with Crippen LogP contribution in [0.4, 0.5) is 0 Å². The molecule has 2 aromatic heterocycles. The fourth-order valence-corrected chi connectivity index (χ4v) is 1.63. The lowest BCUT2D eigenvalue weighted by molar-refractivity contribution is 0.812. The van der Waals surface area contributed by atoms with Gasteiger partial charge in [-0.3, -0.25) is 4.98 Å². The van der Waals surface area contributed by atoms with Gasteiger partial charge in [-0.1, -0.05) is 6.07 Å². The summed E-state index contributed by atoms with van der Waals surface area (Å²) in [5.74, 6) is 0. The predicted octanol–water partition coefficient (Wildman–Crippen LogP) is 2.10. The van der Waals surface area contributed by atoms with E-state index < -0.39 is 0 Å². The molecular weight excluding hydrogens is 186 g/mol. The summed E-state index contributed by atoms with van der Waals surface area (Å²) >= 11 is 0. The zero-order valence-corrected chi connectivity index (χ0v) is 9.04. The highest BCUT2D eigenvalue weighted by Gasteiger charge is 2.05. The minimum Gasteiger partial charge on any atom is -0.357 e. The second-order valence-corrected chi connectivity index (χ2v) is 3.58. The van der Waals surface area contributed by atoms with Crippen molar-refractivity contribution in [3.8, 4) is 11.4 Å². The van der Waals surface area contributed by atoms with Gasteiger partial charge in [0.05, 0.1) is 11.4 Å². The Hall–Kier alpha value is -1.61. The monoisotopic (exact) mass is 201 g/mol. The first-order chi connectivity index (χ1) is 7.31. The van der Waals surface area contributed by atoms with E-state index >= 15 is 0 Å². The maximum Gasteiger partial charge on any atom is 0.0864 e. The Labute approximate surface area is 89.6 Å². The second-order valence-electron chi connectivity index (χ2n) is 3.58. The molecule has 0 radical (unpaired) electrons. The Kier molecular flexibility index (Phi) is 2.83. The third-order valence-corrected chi connectivity index (χ3v) is 2.43. The maximum absolute atomic E-state index is 4.31. The molecule has 0 amide bonds. The van der Waals surface area contributed by atoms with Crippen LogP contribution in [-0.4, -0.2) is 17.0 Å². The maximum atomic E-state index is 4.31. The minimum absolute atomic E-state index is 0.884. The van der Waals surface area contributed by atoms with Crippen LogP contribution in [0, 0.1) is 6.92 Å². The van der Waals surface area contributed by atoms with Crippen molar-refractivity contribution in [3.63, 3.8) is 0 Å². The number of nitrogens with one attached hydrogen (secondary N) is 2. The molecular formula is C12H15N3. The summed E-state index contributed by atoms with van der Waals surface area (Å²) < 4.78 is 0. The molecule has 2 heterocycles. The van der Waals surface area contributed by atoms with Gasteiger partial charge in [-0.15, -0.1) is 0 Å². The first kappa shape index (κ1) is 9.93. The summed E-state index contributed by atoms with van der Waals surface area (Å²) in [4.78, 5) is 7.66. The molecule has 2 aromatic rings. The molecule has 0 atom stereocenters. The van der Waals surface area contributed by atoms with Crippen LogP contribution >= 0.6 is 0 Å². The van der Waals surface area contributed by atoms with Gasteiger partial charge in [0.2, 0.25) is 0 Å². The molecule has 0 aliphatic heterocycles. The van der Waals surface area contributed by atoms with Crippen molar-refractivity contribution in [1.82, 2.24) is 15.3 Å². The number of aryl methyl sites for hydroxylation is 1. The zero-order chi connectivity index (χ0) is 10.7. The Morgan fingerprint density at radius 3 is 2.93 bits per heavy atom. The van der Waals surface area contributed by atoms with Gasteiger partial charge in [0.1, 0.15) is 0 Å². The quantitative estimate of drug-likeness (QED) is 0.798. The number of nitrogens with zero attached hydrogens (tertiary/aromatic N) is 1. The van der Waals surface area contributed by atoms with Gasteiger partial charge in [-0.25, -0.2) is 0 Å². The van der Waals surface area contributed by atoms with E-state index in [4.69, 9.17) is 0 Å². The van der Waals surface area contributed by atoms with Crippen molar-refractivity contribution in [2.24, 2.45) is 0 Å². The smallest absolute Gasteiger partial charge is 0.0864 e. The largest absolute Gasteiger partial charge is 0.357 e. The predicted molar refractivity (Wildman–Crippen MR) is 61.5 cm³/mol. The highest BCUT2D eigenvalue weighted by Crippen LogP contribution is 2.19. The lowest BCUT2D eigenvalue weighted by atomic mass is 10.2. The molecule has 3 heteroatoms. The topological polar surface area (TPSA) is 40.7 Å². The van der Waals surface area contributed by atoms with Crippen LogP contribution in [0.25, 0.3) is 11.4 Å². The van der Waals surface area contributed by atoms with Crippen LogP contribution in [0.2, 0.25) is 0 Å². The molecule has 0 fully saturated rings. The number of rotatable bonds is 3. The number of aromatic amines is 1. The van der Waals surface area contributed by atoms with Crippen LogP contribution in [0.3, 0.4) is 0 Å². The summed E-state index contributed by atoms with van der Waals surface area (Å²) in [5.41, 5.74) is 4.56. The highest BCUT2D eigenvalue weighted by atomic mass is 14.8. The third-order valence-electron chi connectivity index (χ3n) is 2.43. The van der Waals surface area contributed by atoms with Gasteiger partial charge in [-0.05, 0) is 37.7 Å². The Morgan fingerprint density at radius 2 is 2.27 bits per heavy atom. The molecule has 2 rings (SSSR count). The van der Waals surface area contributed by atoms with Gasteiger partial charge in [0.15, 0.2) is 0 Å². The summed E-state index contributed by atoms with van der Waals surface area (Å²) in [6.07, 6.45) is 1.81. The Balaban J connectivity index is 2.34. The van der Waals surface area contributed by atoms with E-state index in [1.54, 1.807) is 0 Å². The highest BCUT2D eigenvalue weighted by molar-refractivity contribution is 5.56. The van der Waals surface area contributed by atoms with Crippen LogP contribution < -0.4 is 5.32 Å². The van der Waals surface area contributed by atoms with E-state index in [-0.39, 0.29) is 0 Å². The van der Waals surface area contributed by atoms with E-state index in [9.17, 15) is 0 Å². The summed E-state index contributed by atoms with van der Waals surface area (Å²) in [6.45, 7) is 2.97. The standard InChI is InChI=1S/C12H15N3/c1-9-10(8-13-2)7-12(15-9)11-5-3-4-6-14-11/h3-7,13,15H,8H2,1-2H3. The molecule has 2 N–H and O–H groups in total. The van der Waals surface area contributed by atoms with Crippen molar-refractivity contribution in [2.75, 3.05) is 7.05 Å². The molecule has 0 spiro atoms. The van der Waals surface area contributed by atoms with Gasteiger partial charge < -0.3 is 10.3 Å². The number of hydrogen-bond donors (Lipinski definition) is 2. The number of H-pyrrole nitrogens is 1. The van der Waals surface area contributed by atoms with Crippen molar-refractivity contribution in [1.29, 1.82) is 0 Å². The molecule has 78 valence electrons. The zero-order valence-electron chi connectivity index (χ0n) is 9.04. The number of aromatic nitrogens is 2. The van der Waals surface area contributed by atoms with Gasteiger partial charge in [0, 0.05) is 18.4 Å². The SMILES string of the molecule is CNCc1cc(-c2ccccn2)[nH]c1C. The lowest BCUT2D eigenvalue weighted by Crippen LogP contribution is -2.04. The van der Waals surface area contributed by atoms with Crippen LogP contribution in [0.15, 0.2) is 30.5 Å². The third kappa shape index (κ3) is 2.07. The molecule has 0 aromatic carbocycles. The molecule has 15 heavy (non-hydrogen) atoms. The van der Waals surface area contributed by atoms with Crippen LogP contribution in [0.5, 0.6) is 0 Å². The summed E-state index contributed by atoms with van der Waals surface area (Å²) in [5, 5.41) is 3.15. The van der Waals surface area contributed by atoms with Crippen molar-refractivity contribution in [2.45, 2.75) is 13.5 Å². The first-order valence-electron chi connectivity index (χ1n) is 5.05. The van der Waals surface area contributed by atoms with Crippen molar-refractivity contribution < 1.29 is 0 Å². The molecule has 0 saturated heterocycles. The average molecular weight is 201 g/mol. The molecule has 0 bridgehead atoms. The van der Waals surface area contributed by atoms with E-state index in [2.05, 4.69) is 28.3 Å². The Bertz CT molecular complexity index is 431. The summed E-state index contributed by atoms with van der Waals surface area (Å²) in [7, 11) is 1.95. The molecule has 3 nitrogen and oxygen atoms in total. The minimum atomic E-state index is 0.884. The number of hydrogen-bond acceptors (Lipinski definition) is 2. The molecule has 0 aliphatic rings. The first-order valence-corrected chi connectivity index (χ1v) is 5.05. The van der Waals surface area contributed by atoms with Crippen molar-refractivity contribution in [3.05, 3.63) is 41.7 Å². The van der Waals surface area contributed by atoms with E-state index in [1.165, 1.54) is 11.3 Å². The fraction of sp³-hybridized carbons (Fsp3) is 0.250. The normalized spacial score (nSPS) is 10.5. The van der Waals surface area contributed by atoms with E-state index in [0.29, 0.717) is 0 Å². The Morgan fingerprint density at radius 1 is 1.40 bits per heavy atom. The fourth-order valence-electron chi connectivity index (χ4n) is 1.63. The van der Waals surface area contributed by atoms with Gasteiger partial charge >= 0.3 is 0 Å².